The molecule has 1 nitrogen and oxygen atoms in total. The highest BCUT2D eigenvalue weighted by molar-refractivity contribution is 5.01. The van der Waals surface area contributed by atoms with E-state index in [1.807, 2.05) is 0 Å². The maximum atomic E-state index is 11.5. The summed E-state index contributed by atoms with van der Waals surface area (Å²) in [6.45, 7) is 0.757. The molecular weight excluding hydrogens is 152 g/mol. The van der Waals surface area contributed by atoms with Crippen LogP contribution in [0.4, 0.5) is 17.6 Å². The van der Waals surface area contributed by atoms with Crippen molar-refractivity contribution in [2.45, 2.75) is 11.8 Å². The molecule has 0 aromatic rings. The Bertz CT molecular complexity index is 130. The van der Waals surface area contributed by atoms with Crippen LogP contribution >= 0.6 is 0 Å². The van der Waals surface area contributed by atoms with E-state index >= 15 is 0 Å². The summed E-state index contributed by atoms with van der Waals surface area (Å²) in [5.74, 6) is 0. The number of alkyl halides is 4. The average molecular weight is 158 g/mol. The molecule has 60 valence electrons. The minimum absolute atomic E-state index is 0.132. The van der Waals surface area contributed by atoms with E-state index in [-0.39, 0.29) is 6.08 Å². The molecule has 0 spiro atoms. The van der Waals surface area contributed by atoms with Crippen molar-refractivity contribution in [2.24, 2.45) is 0 Å². The van der Waals surface area contributed by atoms with Crippen molar-refractivity contribution >= 4 is 0 Å². The largest absolute Gasteiger partial charge is 0.423 e. The molecular formula is C5H6F4O. The second-order valence-electron chi connectivity index (χ2n) is 1.76. The zero-order chi connectivity index (χ0) is 8.41. The Morgan fingerprint density at radius 1 is 1.40 bits per heavy atom. The van der Waals surface area contributed by atoms with Crippen LogP contribution in [0.5, 0.6) is 0 Å². The lowest BCUT2D eigenvalue weighted by Crippen LogP contribution is -2.45. The lowest BCUT2D eigenvalue weighted by Gasteiger charge is -2.23. The quantitative estimate of drug-likeness (QED) is 0.476. The van der Waals surface area contributed by atoms with Crippen molar-refractivity contribution in [3.63, 3.8) is 0 Å². The fraction of sp³-hybridized carbons (Fsp3) is 0.600. The van der Waals surface area contributed by atoms with E-state index in [0.29, 0.717) is 0 Å². The van der Waals surface area contributed by atoms with Gasteiger partial charge in [-0.15, -0.1) is 0 Å². The van der Waals surface area contributed by atoms with Gasteiger partial charge >= 0.3 is 6.18 Å². The number of aliphatic hydroxyl groups is 1. The maximum absolute atomic E-state index is 11.5. The molecule has 0 heterocycles. The molecule has 1 N–H and O–H groups in total. The first-order valence-electron chi connectivity index (χ1n) is 2.36. The van der Waals surface area contributed by atoms with Gasteiger partial charge in [0.15, 0.2) is 0 Å². The first-order valence-corrected chi connectivity index (χ1v) is 2.36. The lowest BCUT2D eigenvalue weighted by molar-refractivity contribution is -0.243. The summed E-state index contributed by atoms with van der Waals surface area (Å²) in [6.07, 6.45) is -4.85. The second-order valence-corrected chi connectivity index (χ2v) is 1.76. The first kappa shape index (κ1) is 9.42. The van der Waals surface area contributed by atoms with Crippen LogP contribution in [0.1, 0.15) is 0 Å². The Labute approximate surface area is 55.0 Å². The van der Waals surface area contributed by atoms with Gasteiger partial charge in [0.1, 0.15) is 6.67 Å². The number of hydrogen-bond acceptors (Lipinski definition) is 1. The third-order valence-electron chi connectivity index (χ3n) is 1.03. The van der Waals surface area contributed by atoms with Crippen LogP contribution in [-0.2, 0) is 0 Å². The Morgan fingerprint density at radius 3 is 1.80 bits per heavy atom. The van der Waals surface area contributed by atoms with Gasteiger partial charge < -0.3 is 5.11 Å². The Hall–Kier alpha value is -0.580. The first-order chi connectivity index (χ1) is 4.37. The molecule has 0 rings (SSSR count). The van der Waals surface area contributed by atoms with E-state index in [2.05, 4.69) is 6.58 Å². The molecule has 10 heavy (non-hydrogen) atoms. The molecule has 0 saturated carbocycles. The summed E-state index contributed by atoms with van der Waals surface area (Å²) >= 11 is 0. The maximum Gasteiger partial charge on any atom is 0.423 e. The van der Waals surface area contributed by atoms with Crippen LogP contribution in [-0.4, -0.2) is 23.6 Å². The summed E-state index contributed by atoms with van der Waals surface area (Å²) in [7, 11) is 0. The topological polar surface area (TPSA) is 20.2 Å². The zero-order valence-corrected chi connectivity index (χ0v) is 4.95. The van der Waals surface area contributed by atoms with Crippen molar-refractivity contribution in [2.75, 3.05) is 6.67 Å². The lowest BCUT2D eigenvalue weighted by atomic mass is 10.1. The standard InChI is InChI=1S/C5H6F4O/c1-2-4(10,3-6)5(7,8)9/h2,10H,1,3H2. The summed E-state index contributed by atoms with van der Waals surface area (Å²) in [5, 5.41) is 8.35. The SMILES string of the molecule is C=CC(O)(CF)C(F)(F)F. The number of rotatable bonds is 2. The predicted octanol–water partition coefficient (Wildman–Crippen LogP) is 1.44. The summed E-state index contributed by atoms with van der Waals surface area (Å²) in [5.41, 5.74) is -3.38. The third-order valence-corrected chi connectivity index (χ3v) is 1.03. The molecule has 0 radical (unpaired) electrons. The molecule has 0 aromatic heterocycles. The highest BCUT2D eigenvalue weighted by atomic mass is 19.4. The molecule has 0 aromatic carbocycles. The third kappa shape index (κ3) is 1.47. The molecule has 0 fully saturated rings. The van der Waals surface area contributed by atoms with Gasteiger partial charge in [0.25, 0.3) is 0 Å². The van der Waals surface area contributed by atoms with Crippen LogP contribution in [0.2, 0.25) is 0 Å². The van der Waals surface area contributed by atoms with Crippen molar-refractivity contribution in [1.82, 2.24) is 0 Å². The average Bonchev–Trinajstić information content (AvgIpc) is 1.84. The van der Waals surface area contributed by atoms with Crippen LogP contribution in [0, 0.1) is 0 Å². The van der Waals surface area contributed by atoms with Gasteiger partial charge in [-0.1, -0.05) is 6.58 Å². The minimum Gasteiger partial charge on any atom is -0.375 e. The molecule has 0 bridgehead atoms. The Morgan fingerprint density at radius 2 is 1.80 bits per heavy atom. The number of halogens is 4. The van der Waals surface area contributed by atoms with Crippen LogP contribution in [0.15, 0.2) is 12.7 Å². The smallest absolute Gasteiger partial charge is 0.375 e. The van der Waals surface area contributed by atoms with Gasteiger partial charge in [-0.2, -0.15) is 13.2 Å². The molecule has 0 aliphatic carbocycles. The van der Waals surface area contributed by atoms with Crippen LogP contribution in [0.3, 0.4) is 0 Å². The Kier molecular flexibility index (Phi) is 2.42. The van der Waals surface area contributed by atoms with E-state index in [9.17, 15) is 17.6 Å². The van der Waals surface area contributed by atoms with E-state index in [4.69, 9.17) is 5.11 Å². The van der Waals surface area contributed by atoms with Gasteiger partial charge in [0.05, 0.1) is 0 Å². The van der Waals surface area contributed by atoms with Crippen molar-refractivity contribution in [3.8, 4) is 0 Å². The monoisotopic (exact) mass is 158 g/mol. The molecule has 1 atom stereocenters. The molecule has 5 heteroatoms. The van der Waals surface area contributed by atoms with Crippen molar-refractivity contribution in [1.29, 1.82) is 0 Å². The molecule has 0 aliphatic rings. The molecule has 0 amide bonds. The van der Waals surface area contributed by atoms with E-state index < -0.39 is 18.5 Å². The number of hydrogen-bond donors (Lipinski definition) is 1. The fourth-order valence-electron chi connectivity index (χ4n) is 0.246. The Balaban J connectivity index is 4.48. The van der Waals surface area contributed by atoms with E-state index in [1.165, 1.54) is 0 Å². The van der Waals surface area contributed by atoms with E-state index in [0.717, 1.165) is 0 Å². The molecule has 1 unspecified atom stereocenters. The molecule has 0 saturated heterocycles. The van der Waals surface area contributed by atoms with Gasteiger partial charge in [-0.3, -0.25) is 0 Å². The van der Waals surface area contributed by atoms with Gasteiger partial charge in [0.2, 0.25) is 5.60 Å². The van der Waals surface area contributed by atoms with Crippen LogP contribution in [0.25, 0.3) is 0 Å². The summed E-state index contributed by atoms with van der Waals surface area (Å²) in [4.78, 5) is 0. The summed E-state index contributed by atoms with van der Waals surface area (Å²) in [6, 6.07) is 0. The van der Waals surface area contributed by atoms with Crippen molar-refractivity contribution in [3.05, 3.63) is 12.7 Å². The summed E-state index contributed by atoms with van der Waals surface area (Å²) < 4.78 is 46.1. The van der Waals surface area contributed by atoms with Crippen molar-refractivity contribution < 1.29 is 22.7 Å². The highest BCUT2D eigenvalue weighted by Crippen LogP contribution is 2.31. The zero-order valence-electron chi connectivity index (χ0n) is 4.95. The van der Waals surface area contributed by atoms with E-state index in [1.54, 1.807) is 0 Å². The molecule has 0 aliphatic heterocycles. The second kappa shape index (κ2) is 2.57. The van der Waals surface area contributed by atoms with Gasteiger partial charge in [-0.25, -0.2) is 4.39 Å². The minimum atomic E-state index is -4.98. The fourth-order valence-corrected chi connectivity index (χ4v) is 0.246. The van der Waals surface area contributed by atoms with Gasteiger partial charge in [0, 0.05) is 0 Å². The van der Waals surface area contributed by atoms with Crippen LogP contribution < -0.4 is 0 Å². The predicted molar refractivity (Wildman–Crippen MR) is 27.2 cm³/mol. The highest BCUT2D eigenvalue weighted by Gasteiger charge is 2.51. The van der Waals surface area contributed by atoms with Gasteiger partial charge in [-0.05, 0) is 6.08 Å². The normalized spacial score (nSPS) is 18.1.